The lowest BCUT2D eigenvalue weighted by atomic mass is 10.1. The molecule has 1 aliphatic carbocycles. The van der Waals surface area contributed by atoms with Gasteiger partial charge in [0.1, 0.15) is 5.69 Å². The summed E-state index contributed by atoms with van der Waals surface area (Å²) in [7, 11) is 0. The van der Waals surface area contributed by atoms with Crippen LogP contribution in [0.1, 0.15) is 29.8 Å². The lowest BCUT2D eigenvalue weighted by Gasteiger charge is -2.11. The first-order valence-corrected chi connectivity index (χ1v) is 6.75. The summed E-state index contributed by atoms with van der Waals surface area (Å²) in [6.45, 7) is 0. The standard InChI is InChI=1S/C15H16N2O3/c18-14(16-11-6-5-10(7-11)15(19)20)13-8-9-3-1-2-4-12(9)17-13/h1-4,8,10-11,17H,5-7H2,(H,16,18)(H,19,20). The highest BCUT2D eigenvalue weighted by atomic mass is 16.4. The fraction of sp³-hybridized carbons (Fsp3) is 0.333. The highest BCUT2D eigenvalue weighted by Gasteiger charge is 2.30. The van der Waals surface area contributed by atoms with Gasteiger partial charge >= 0.3 is 5.97 Å². The third-order valence-corrected chi connectivity index (χ3v) is 3.89. The highest BCUT2D eigenvalue weighted by Crippen LogP contribution is 2.26. The summed E-state index contributed by atoms with van der Waals surface area (Å²) in [6, 6.07) is 9.46. The zero-order chi connectivity index (χ0) is 14.1. The summed E-state index contributed by atoms with van der Waals surface area (Å²) in [5.74, 6) is -1.27. The Balaban J connectivity index is 1.69. The van der Waals surface area contributed by atoms with E-state index in [1.54, 1.807) is 0 Å². The van der Waals surface area contributed by atoms with E-state index in [1.807, 2.05) is 30.3 Å². The minimum atomic E-state index is -0.771. The van der Waals surface area contributed by atoms with Crippen molar-refractivity contribution in [1.29, 1.82) is 0 Å². The molecule has 5 heteroatoms. The first kappa shape index (κ1) is 12.7. The van der Waals surface area contributed by atoms with Crippen LogP contribution < -0.4 is 5.32 Å². The van der Waals surface area contributed by atoms with Gasteiger partial charge in [-0.15, -0.1) is 0 Å². The van der Waals surface area contributed by atoms with Gasteiger partial charge in [0, 0.05) is 16.9 Å². The molecule has 2 aromatic rings. The first-order chi connectivity index (χ1) is 9.63. The molecule has 5 nitrogen and oxygen atoms in total. The molecule has 1 aromatic heterocycles. The van der Waals surface area contributed by atoms with E-state index in [0.29, 0.717) is 18.5 Å². The van der Waals surface area contributed by atoms with E-state index in [0.717, 1.165) is 17.3 Å². The molecule has 0 aliphatic heterocycles. The number of hydrogen-bond acceptors (Lipinski definition) is 2. The molecule has 1 aliphatic rings. The summed E-state index contributed by atoms with van der Waals surface area (Å²) in [5, 5.41) is 12.9. The second kappa shape index (κ2) is 5.00. The minimum Gasteiger partial charge on any atom is -0.481 e. The van der Waals surface area contributed by atoms with Crippen molar-refractivity contribution < 1.29 is 14.7 Å². The van der Waals surface area contributed by atoms with Gasteiger partial charge < -0.3 is 15.4 Å². The molecular formula is C15H16N2O3. The van der Waals surface area contributed by atoms with Crippen molar-refractivity contribution in [2.45, 2.75) is 25.3 Å². The topological polar surface area (TPSA) is 82.2 Å². The van der Waals surface area contributed by atoms with Crippen LogP contribution in [-0.4, -0.2) is 28.0 Å². The van der Waals surface area contributed by atoms with E-state index >= 15 is 0 Å². The van der Waals surface area contributed by atoms with Crippen molar-refractivity contribution in [3.63, 3.8) is 0 Å². The van der Waals surface area contributed by atoms with Crippen LogP contribution in [-0.2, 0) is 4.79 Å². The van der Waals surface area contributed by atoms with Crippen LogP contribution in [0.5, 0.6) is 0 Å². The summed E-state index contributed by atoms with van der Waals surface area (Å²) < 4.78 is 0. The number of carboxylic acid groups (broad SMARTS) is 1. The van der Waals surface area contributed by atoms with E-state index in [2.05, 4.69) is 10.3 Å². The first-order valence-electron chi connectivity index (χ1n) is 6.75. The molecule has 3 N–H and O–H groups in total. The normalized spacial score (nSPS) is 22.0. The third kappa shape index (κ3) is 2.39. The summed E-state index contributed by atoms with van der Waals surface area (Å²) in [4.78, 5) is 26.1. The lowest BCUT2D eigenvalue weighted by Crippen LogP contribution is -2.33. The Morgan fingerprint density at radius 2 is 2.05 bits per heavy atom. The maximum atomic E-state index is 12.2. The second-order valence-electron chi connectivity index (χ2n) is 5.29. The van der Waals surface area contributed by atoms with Gasteiger partial charge in [-0.05, 0) is 31.4 Å². The van der Waals surface area contributed by atoms with E-state index in [4.69, 9.17) is 5.11 Å². The Bertz CT molecular complexity index is 629. The van der Waals surface area contributed by atoms with Crippen LogP contribution in [0.15, 0.2) is 30.3 Å². The monoisotopic (exact) mass is 272 g/mol. The van der Waals surface area contributed by atoms with Gasteiger partial charge in [-0.25, -0.2) is 0 Å². The molecule has 1 fully saturated rings. The summed E-state index contributed by atoms with van der Waals surface area (Å²) in [6.07, 6.45) is 1.87. The van der Waals surface area contributed by atoms with E-state index in [1.165, 1.54) is 0 Å². The van der Waals surface area contributed by atoms with Crippen LogP contribution in [0.4, 0.5) is 0 Å². The molecule has 0 radical (unpaired) electrons. The quantitative estimate of drug-likeness (QED) is 0.800. The number of rotatable bonds is 3. The largest absolute Gasteiger partial charge is 0.481 e. The molecule has 1 amide bonds. The number of aromatic amines is 1. The van der Waals surface area contributed by atoms with Crippen LogP contribution in [0.3, 0.4) is 0 Å². The number of carbonyl (C=O) groups excluding carboxylic acids is 1. The lowest BCUT2D eigenvalue weighted by molar-refractivity contribution is -0.141. The fourth-order valence-electron chi connectivity index (χ4n) is 2.80. The van der Waals surface area contributed by atoms with Crippen LogP contribution in [0.2, 0.25) is 0 Å². The van der Waals surface area contributed by atoms with Crippen molar-refractivity contribution >= 4 is 22.8 Å². The number of aliphatic carboxylic acids is 1. The maximum Gasteiger partial charge on any atom is 0.306 e. The van der Waals surface area contributed by atoms with Gasteiger partial charge in [0.2, 0.25) is 0 Å². The molecule has 20 heavy (non-hydrogen) atoms. The average Bonchev–Trinajstić information content (AvgIpc) is 3.04. The van der Waals surface area contributed by atoms with E-state index in [9.17, 15) is 9.59 Å². The Morgan fingerprint density at radius 3 is 2.75 bits per heavy atom. The Labute approximate surface area is 116 Å². The molecule has 1 heterocycles. The molecule has 2 unspecified atom stereocenters. The Morgan fingerprint density at radius 1 is 1.25 bits per heavy atom. The molecule has 1 aromatic carbocycles. The number of fused-ring (bicyclic) bond motifs is 1. The van der Waals surface area contributed by atoms with E-state index in [-0.39, 0.29) is 17.9 Å². The number of aromatic nitrogens is 1. The van der Waals surface area contributed by atoms with Gasteiger partial charge in [-0.3, -0.25) is 9.59 Å². The van der Waals surface area contributed by atoms with Crippen molar-refractivity contribution in [2.24, 2.45) is 5.92 Å². The van der Waals surface area contributed by atoms with Crippen molar-refractivity contribution in [3.8, 4) is 0 Å². The van der Waals surface area contributed by atoms with Gasteiger partial charge in [0.25, 0.3) is 5.91 Å². The van der Waals surface area contributed by atoms with Crippen molar-refractivity contribution in [3.05, 3.63) is 36.0 Å². The van der Waals surface area contributed by atoms with Crippen LogP contribution in [0.25, 0.3) is 10.9 Å². The van der Waals surface area contributed by atoms with Crippen molar-refractivity contribution in [1.82, 2.24) is 10.3 Å². The smallest absolute Gasteiger partial charge is 0.306 e. The molecule has 1 saturated carbocycles. The van der Waals surface area contributed by atoms with E-state index < -0.39 is 5.97 Å². The highest BCUT2D eigenvalue weighted by molar-refractivity contribution is 5.98. The van der Waals surface area contributed by atoms with Crippen LogP contribution >= 0.6 is 0 Å². The number of H-pyrrole nitrogens is 1. The Kier molecular flexibility index (Phi) is 3.18. The molecular weight excluding hydrogens is 256 g/mol. The number of hydrogen-bond donors (Lipinski definition) is 3. The second-order valence-corrected chi connectivity index (χ2v) is 5.29. The van der Waals surface area contributed by atoms with Gasteiger partial charge in [0.05, 0.1) is 5.92 Å². The number of carboxylic acids is 1. The predicted molar refractivity (Wildman–Crippen MR) is 74.5 cm³/mol. The molecule has 0 spiro atoms. The van der Waals surface area contributed by atoms with Gasteiger partial charge in [0.15, 0.2) is 0 Å². The minimum absolute atomic E-state index is 0.0463. The maximum absolute atomic E-state index is 12.2. The number of amides is 1. The SMILES string of the molecule is O=C(NC1CCC(C(=O)O)C1)c1cc2ccccc2[nH]1. The molecule has 2 atom stereocenters. The van der Waals surface area contributed by atoms with Gasteiger partial charge in [-0.2, -0.15) is 0 Å². The number of carbonyl (C=O) groups is 2. The number of nitrogens with one attached hydrogen (secondary N) is 2. The third-order valence-electron chi connectivity index (χ3n) is 3.89. The van der Waals surface area contributed by atoms with Gasteiger partial charge in [-0.1, -0.05) is 18.2 Å². The average molecular weight is 272 g/mol. The zero-order valence-electron chi connectivity index (χ0n) is 10.9. The zero-order valence-corrected chi connectivity index (χ0v) is 10.9. The molecule has 0 bridgehead atoms. The molecule has 104 valence electrons. The Hall–Kier alpha value is -2.30. The predicted octanol–water partition coefficient (Wildman–Crippen LogP) is 2.15. The fourth-order valence-corrected chi connectivity index (χ4v) is 2.80. The van der Waals surface area contributed by atoms with Crippen LogP contribution in [0, 0.1) is 5.92 Å². The number of para-hydroxylation sites is 1. The number of benzene rings is 1. The molecule has 3 rings (SSSR count). The summed E-state index contributed by atoms with van der Waals surface area (Å²) >= 11 is 0. The van der Waals surface area contributed by atoms with Crippen molar-refractivity contribution in [2.75, 3.05) is 0 Å². The molecule has 0 saturated heterocycles. The summed E-state index contributed by atoms with van der Waals surface area (Å²) in [5.41, 5.74) is 1.44.